The predicted molar refractivity (Wildman–Crippen MR) is 111 cm³/mol. The number of hydrogen-bond acceptors (Lipinski definition) is 3. The molecule has 4 rings (SSSR count). The maximum absolute atomic E-state index is 14.1. The van der Waals surface area contributed by atoms with Crippen molar-refractivity contribution in [3.05, 3.63) is 77.6 Å². The van der Waals surface area contributed by atoms with Crippen molar-refractivity contribution in [1.82, 2.24) is 5.32 Å². The summed E-state index contributed by atoms with van der Waals surface area (Å²) in [4.78, 5) is 10.6. The summed E-state index contributed by atoms with van der Waals surface area (Å²) in [6.45, 7) is 2.13. The van der Waals surface area contributed by atoms with Gasteiger partial charge < -0.3 is 15.2 Å². The molecule has 1 aliphatic carbocycles. The molecule has 1 saturated carbocycles. The van der Waals surface area contributed by atoms with Crippen molar-refractivity contribution >= 4 is 16.9 Å². The number of ether oxygens (including phenoxy) is 1. The minimum absolute atomic E-state index is 0.121. The molecule has 0 radical (unpaired) electrons. The first-order valence-electron chi connectivity index (χ1n) is 9.95. The highest BCUT2D eigenvalue weighted by molar-refractivity contribution is 5.86. The van der Waals surface area contributed by atoms with E-state index in [9.17, 15) is 9.18 Å². The third kappa shape index (κ3) is 4.25. The highest BCUT2D eigenvalue weighted by Crippen LogP contribution is 2.36. The van der Waals surface area contributed by atoms with Gasteiger partial charge in [0.15, 0.2) is 0 Å². The first kappa shape index (κ1) is 19.4. The van der Waals surface area contributed by atoms with Gasteiger partial charge in [-0.2, -0.15) is 0 Å². The average molecular weight is 393 g/mol. The van der Waals surface area contributed by atoms with Crippen molar-refractivity contribution in [2.75, 3.05) is 0 Å². The normalized spacial score (nSPS) is 19.9. The van der Waals surface area contributed by atoms with Crippen LogP contribution in [-0.4, -0.2) is 17.3 Å². The second kappa shape index (κ2) is 8.21. The maximum Gasteiger partial charge on any atom is 0.511 e. The molecule has 3 aromatic rings. The van der Waals surface area contributed by atoms with Crippen molar-refractivity contribution in [2.24, 2.45) is 0 Å². The minimum atomic E-state index is -1.30. The molecule has 3 aromatic carbocycles. The van der Waals surface area contributed by atoms with Gasteiger partial charge in [-0.3, -0.25) is 0 Å². The lowest BCUT2D eigenvalue weighted by atomic mass is 9.96. The maximum atomic E-state index is 14.1. The van der Waals surface area contributed by atoms with E-state index < -0.39 is 6.16 Å². The van der Waals surface area contributed by atoms with E-state index in [1.807, 2.05) is 42.5 Å². The highest BCUT2D eigenvalue weighted by atomic mass is 19.1. The molecule has 0 saturated heterocycles. The first-order valence-corrected chi connectivity index (χ1v) is 9.95. The zero-order chi connectivity index (χ0) is 20.4. The summed E-state index contributed by atoms with van der Waals surface area (Å²) in [5.41, 5.74) is 2.31. The molecule has 0 heterocycles. The third-order valence-corrected chi connectivity index (χ3v) is 5.85. The van der Waals surface area contributed by atoms with Crippen molar-refractivity contribution < 1.29 is 19.0 Å². The Hall–Kier alpha value is -2.92. The summed E-state index contributed by atoms with van der Waals surface area (Å²) in [6.07, 6.45) is 1.86. The number of halogens is 1. The molecule has 1 fully saturated rings. The Balaban J connectivity index is 1.43. The number of carbonyl (C=O) groups is 1. The van der Waals surface area contributed by atoms with Gasteiger partial charge in [-0.05, 0) is 66.8 Å². The van der Waals surface area contributed by atoms with E-state index >= 15 is 0 Å². The molecule has 29 heavy (non-hydrogen) atoms. The molecule has 0 amide bonds. The molecule has 0 spiro atoms. The number of carboxylic acid groups (broad SMARTS) is 1. The molecule has 3 atom stereocenters. The van der Waals surface area contributed by atoms with Crippen LogP contribution in [0.4, 0.5) is 9.18 Å². The fourth-order valence-corrected chi connectivity index (χ4v) is 4.45. The zero-order valence-electron chi connectivity index (χ0n) is 16.3. The average Bonchev–Trinajstić information content (AvgIpc) is 3.17. The monoisotopic (exact) mass is 393 g/mol. The van der Waals surface area contributed by atoms with Crippen LogP contribution in [0, 0.1) is 5.82 Å². The second-order valence-corrected chi connectivity index (χ2v) is 7.71. The summed E-state index contributed by atoms with van der Waals surface area (Å²) < 4.78 is 18.8. The van der Waals surface area contributed by atoms with Crippen LogP contribution in [0.3, 0.4) is 0 Å². The van der Waals surface area contributed by atoms with E-state index in [0.717, 1.165) is 30.2 Å². The van der Waals surface area contributed by atoms with E-state index in [-0.39, 0.29) is 11.9 Å². The van der Waals surface area contributed by atoms with Crippen LogP contribution >= 0.6 is 0 Å². The van der Waals surface area contributed by atoms with Crippen LogP contribution in [0.25, 0.3) is 10.8 Å². The summed E-state index contributed by atoms with van der Waals surface area (Å²) >= 11 is 0. The zero-order valence-corrected chi connectivity index (χ0v) is 16.3. The number of benzene rings is 3. The van der Waals surface area contributed by atoms with Gasteiger partial charge in [-0.25, -0.2) is 9.18 Å². The van der Waals surface area contributed by atoms with Gasteiger partial charge in [0.25, 0.3) is 0 Å². The fraction of sp³-hybridized carbons (Fsp3) is 0.292. The van der Waals surface area contributed by atoms with Gasteiger partial charge in [0.2, 0.25) is 0 Å². The number of nitrogens with one attached hydrogen (secondary N) is 1. The smallest absolute Gasteiger partial charge is 0.449 e. The van der Waals surface area contributed by atoms with E-state index in [0.29, 0.717) is 23.1 Å². The van der Waals surface area contributed by atoms with Crippen LogP contribution in [0.2, 0.25) is 0 Å². The topological polar surface area (TPSA) is 58.6 Å². The fourth-order valence-electron chi connectivity index (χ4n) is 4.45. The Bertz CT molecular complexity index is 1020. The lowest BCUT2D eigenvalue weighted by molar-refractivity contribution is 0.144. The summed E-state index contributed by atoms with van der Waals surface area (Å²) in [7, 11) is 0. The van der Waals surface area contributed by atoms with E-state index in [4.69, 9.17) is 5.11 Å². The summed E-state index contributed by atoms with van der Waals surface area (Å²) in [5.74, 6) is 0.585. The Morgan fingerprint density at radius 1 is 1.07 bits per heavy atom. The number of hydrogen-bond donors (Lipinski definition) is 2. The Labute approximate surface area is 169 Å². The Morgan fingerprint density at radius 3 is 2.52 bits per heavy atom. The van der Waals surface area contributed by atoms with Crippen molar-refractivity contribution in [3.63, 3.8) is 0 Å². The first-order chi connectivity index (χ1) is 14.0. The molecule has 1 aliphatic rings. The number of rotatable bonds is 5. The molecular weight excluding hydrogens is 369 g/mol. The minimum Gasteiger partial charge on any atom is -0.449 e. The van der Waals surface area contributed by atoms with Crippen LogP contribution in [0.1, 0.15) is 49.3 Å². The van der Waals surface area contributed by atoms with E-state index in [2.05, 4.69) is 17.0 Å². The molecular formula is C24H24FNO3. The van der Waals surface area contributed by atoms with Gasteiger partial charge >= 0.3 is 6.16 Å². The van der Waals surface area contributed by atoms with Crippen LogP contribution in [0.5, 0.6) is 5.75 Å². The molecule has 2 unspecified atom stereocenters. The van der Waals surface area contributed by atoms with E-state index in [1.165, 1.54) is 5.56 Å². The van der Waals surface area contributed by atoms with Gasteiger partial charge in [0.1, 0.15) is 11.6 Å². The third-order valence-electron chi connectivity index (χ3n) is 5.85. The van der Waals surface area contributed by atoms with Gasteiger partial charge in [-0.1, -0.05) is 42.5 Å². The standard InChI is InChI=1S/C24H24FNO3/c1-15(20-12-13-23(25)22-5-3-2-4-21(20)22)26-18-9-6-17(14-18)16-7-10-19(11-8-16)29-24(27)28/h2-5,7-8,10-13,15,17-18,26H,6,9,14H2,1H3,(H,27,28)/t15-,17?,18?/m1/s1. The predicted octanol–water partition coefficient (Wildman–Crippen LogP) is 6.02. The summed E-state index contributed by atoms with van der Waals surface area (Å²) in [5, 5.41) is 14.0. The molecule has 5 heteroatoms. The lowest BCUT2D eigenvalue weighted by Gasteiger charge is -2.22. The quantitative estimate of drug-likeness (QED) is 0.411. The Morgan fingerprint density at radius 2 is 1.79 bits per heavy atom. The van der Waals surface area contributed by atoms with Crippen molar-refractivity contribution in [1.29, 1.82) is 0 Å². The van der Waals surface area contributed by atoms with Crippen LogP contribution < -0.4 is 10.1 Å². The van der Waals surface area contributed by atoms with Crippen LogP contribution in [-0.2, 0) is 0 Å². The SMILES string of the molecule is C[C@@H](NC1CCC(c2ccc(OC(=O)O)cc2)C1)c1ccc(F)c2ccccc12. The molecule has 2 N–H and O–H groups in total. The van der Waals surface area contributed by atoms with Gasteiger partial charge in [-0.15, -0.1) is 0 Å². The molecule has 150 valence electrons. The largest absolute Gasteiger partial charge is 0.511 e. The molecule has 0 aromatic heterocycles. The molecule has 4 nitrogen and oxygen atoms in total. The van der Waals surface area contributed by atoms with Crippen molar-refractivity contribution in [2.45, 2.75) is 44.2 Å². The Kier molecular flexibility index (Phi) is 5.49. The molecule has 0 aliphatic heterocycles. The number of fused-ring (bicyclic) bond motifs is 1. The van der Waals surface area contributed by atoms with Gasteiger partial charge in [0, 0.05) is 17.5 Å². The molecule has 0 bridgehead atoms. The van der Waals surface area contributed by atoms with Gasteiger partial charge in [0.05, 0.1) is 0 Å². The van der Waals surface area contributed by atoms with Crippen LogP contribution in [0.15, 0.2) is 60.7 Å². The second-order valence-electron chi connectivity index (χ2n) is 7.71. The van der Waals surface area contributed by atoms with E-state index in [1.54, 1.807) is 18.2 Å². The van der Waals surface area contributed by atoms with Crippen molar-refractivity contribution in [3.8, 4) is 5.75 Å². The lowest BCUT2D eigenvalue weighted by Crippen LogP contribution is -2.29. The highest BCUT2D eigenvalue weighted by Gasteiger charge is 2.27. The summed E-state index contributed by atoms with van der Waals surface area (Å²) in [6, 6.07) is 18.8.